The van der Waals surface area contributed by atoms with Gasteiger partial charge >= 0.3 is 5.97 Å². The molecule has 2 aromatic carbocycles. The molecule has 7 heteroatoms. The van der Waals surface area contributed by atoms with E-state index in [4.69, 9.17) is 14.2 Å². The van der Waals surface area contributed by atoms with Gasteiger partial charge in [0.25, 0.3) is 0 Å². The van der Waals surface area contributed by atoms with Crippen molar-refractivity contribution in [3.63, 3.8) is 0 Å². The number of carbonyl (C=O) groups excluding carboxylic acids is 3. The van der Waals surface area contributed by atoms with Gasteiger partial charge in [-0.05, 0) is 92.5 Å². The number of esters is 1. The molecule has 0 heterocycles. The van der Waals surface area contributed by atoms with Crippen LogP contribution in [0.3, 0.4) is 0 Å². The molecule has 0 radical (unpaired) electrons. The van der Waals surface area contributed by atoms with E-state index in [9.17, 15) is 19.5 Å². The van der Waals surface area contributed by atoms with Crippen molar-refractivity contribution in [2.45, 2.75) is 64.7 Å². The number of ketones is 2. The maximum atomic E-state index is 12.4. The number of hydrogen-bond acceptors (Lipinski definition) is 7. The van der Waals surface area contributed by atoms with Crippen LogP contribution in [-0.4, -0.2) is 36.9 Å². The molecule has 1 N–H and O–H groups in total. The zero-order chi connectivity index (χ0) is 34.8. The van der Waals surface area contributed by atoms with E-state index in [-0.39, 0.29) is 41.9 Å². The van der Waals surface area contributed by atoms with Crippen LogP contribution in [0.15, 0.2) is 109 Å². The number of phenolic OH excluding ortho intramolecular Hbond substituents is 1. The van der Waals surface area contributed by atoms with Crippen LogP contribution in [-0.2, 0) is 14.4 Å². The van der Waals surface area contributed by atoms with Crippen LogP contribution >= 0.6 is 0 Å². The highest BCUT2D eigenvalue weighted by Crippen LogP contribution is 2.29. The summed E-state index contributed by atoms with van der Waals surface area (Å²) >= 11 is 0. The molecule has 0 saturated heterocycles. The second-order valence-electron chi connectivity index (χ2n) is 10.7. The zero-order valence-electron chi connectivity index (χ0n) is 28.3. The highest BCUT2D eigenvalue weighted by Gasteiger charge is 2.11. The number of allylic oxidation sites excluding steroid dienone is 12. The number of unbranched alkanes of at least 4 members (excludes halogenated alkanes) is 1. The van der Waals surface area contributed by atoms with Gasteiger partial charge in [-0.1, -0.05) is 92.0 Å². The number of phenols is 1. The molecule has 0 saturated carbocycles. The van der Waals surface area contributed by atoms with Gasteiger partial charge in [-0.15, -0.1) is 0 Å². The third-order valence-corrected chi connectivity index (χ3v) is 6.80. The summed E-state index contributed by atoms with van der Waals surface area (Å²) in [6, 6.07) is 9.65. The molecule has 0 bridgehead atoms. The first-order valence-electron chi connectivity index (χ1n) is 16.3. The number of benzene rings is 2. The molecular weight excluding hydrogens is 604 g/mol. The van der Waals surface area contributed by atoms with Crippen LogP contribution in [0, 0.1) is 0 Å². The highest BCUT2D eigenvalue weighted by molar-refractivity contribution is 6.10. The Bertz CT molecular complexity index is 1520. The number of aromatic hydroxyl groups is 1. The van der Waals surface area contributed by atoms with Crippen LogP contribution in [0.2, 0.25) is 0 Å². The molecular formula is C41H48O7. The molecule has 0 fully saturated rings. The van der Waals surface area contributed by atoms with E-state index in [2.05, 4.69) is 67.7 Å². The molecule has 0 atom stereocenters. The van der Waals surface area contributed by atoms with Crippen molar-refractivity contribution in [2.75, 3.05) is 14.2 Å². The largest absolute Gasteiger partial charge is 0.504 e. The highest BCUT2D eigenvalue weighted by atomic mass is 16.6. The molecule has 254 valence electrons. The van der Waals surface area contributed by atoms with Gasteiger partial charge in [-0.2, -0.15) is 0 Å². The molecule has 0 spiro atoms. The number of hydrogen-bond donors (Lipinski definition) is 1. The second-order valence-corrected chi connectivity index (χ2v) is 10.7. The quantitative estimate of drug-likeness (QED) is 0.0338. The minimum absolute atomic E-state index is 0.00263. The van der Waals surface area contributed by atoms with Crippen LogP contribution in [0.25, 0.3) is 12.2 Å². The van der Waals surface area contributed by atoms with E-state index >= 15 is 0 Å². The molecule has 0 aromatic heterocycles. The van der Waals surface area contributed by atoms with Gasteiger partial charge in [0.1, 0.15) is 0 Å². The summed E-state index contributed by atoms with van der Waals surface area (Å²) in [7, 11) is 2.91. The summed E-state index contributed by atoms with van der Waals surface area (Å²) in [4.78, 5) is 37.0. The lowest BCUT2D eigenvalue weighted by molar-refractivity contribution is -0.134. The minimum Gasteiger partial charge on any atom is -0.504 e. The second kappa shape index (κ2) is 24.1. The van der Waals surface area contributed by atoms with Gasteiger partial charge in [0.05, 0.1) is 20.6 Å². The molecule has 0 amide bonds. The number of carbonyl (C=O) groups is 3. The fourth-order valence-electron chi connectivity index (χ4n) is 4.24. The monoisotopic (exact) mass is 652 g/mol. The van der Waals surface area contributed by atoms with Crippen LogP contribution in [0.5, 0.6) is 23.0 Å². The summed E-state index contributed by atoms with van der Waals surface area (Å²) in [5.74, 6) is -0.135. The summed E-state index contributed by atoms with van der Waals surface area (Å²) in [6.45, 7) is 2.14. The summed E-state index contributed by atoms with van der Waals surface area (Å²) in [6.07, 6.45) is 33.5. The Balaban J connectivity index is 1.69. The number of ether oxygens (including phenoxy) is 3. The van der Waals surface area contributed by atoms with Crippen molar-refractivity contribution in [3.8, 4) is 23.0 Å². The van der Waals surface area contributed by atoms with E-state index in [1.54, 1.807) is 42.5 Å². The van der Waals surface area contributed by atoms with Crippen molar-refractivity contribution in [2.24, 2.45) is 0 Å². The van der Waals surface area contributed by atoms with Crippen molar-refractivity contribution < 1.29 is 33.7 Å². The van der Waals surface area contributed by atoms with Crippen LogP contribution < -0.4 is 14.2 Å². The van der Waals surface area contributed by atoms with Gasteiger partial charge in [0, 0.05) is 6.42 Å². The Hall–Kier alpha value is -5.17. The van der Waals surface area contributed by atoms with Gasteiger partial charge < -0.3 is 19.3 Å². The number of rotatable bonds is 22. The molecule has 48 heavy (non-hydrogen) atoms. The first kappa shape index (κ1) is 39.0. The van der Waals surface area contributed by atoms with E-state index < -0.39 is 0 Å². The predicted molar refractivity (Wildman–Crippen MR) is 194 cm³/mol. The lowest BCUT2D eigenvalue weighted by Gasteiger charge is -2.10. The van der Waals surface area contributed by atoms with Crippen molar-refractivity contribution in [1.82, 2.24) is 0 Å². The van der Waals surface area contributed by atoms with E-state index in [1.165, 1.54) is 32.4 Å². The predicted octanol–water partition coefficient (Wildman–Crippen LogP) is 9.49. The SMILES string of the molecule is CC/C=C\C/C=C\C/C=C\C/C=C\C/C=C\CCCC(=O)Oc1ccc(/C=C/C(=O)CC(=O)/C=C/c2ccc(O)c(OC)c2)cc1OC. The topological polar surface area (TPSA) is 99.1 Å². The van der Waals surface area contributed by atoms with Gasteiger partial charge in [0.2, 0.25) is 0 Å². The molecule has 2 aromatic rings. The Morgan fingerprint density at radius 3 is 1.69 bits per heavy atom. The molecule has 7 nitrogen and oxygen atoms in total. The lowest BCUT2D eigenvalue weighted by Crippen LogP contribution is -2.08. The lowest BCUT2D eigenvalue weighted by atomic mass is 10.1. The Kier molecular flexibility index (Phi) is 19.6. The van der Waals surface area contributed by atoms with Gasteiger partial charge in [-0.25, -0.2) is 0 Å². The maximum Gasteiger partial charge on any atom is 0.311 e. The standard InChI is InChI=1S/C41H48O7/c1-4-5-6-7-8-9-10-11-12-13-14-15-16-17-18-19-20-21-41(45)48-38-29-25-34(31-40(38)47-3)23-27-36(43)32-35(42)26-22-33-24-28-37(44)39(30-33)46-2/h5-6,8-9,11-12,14-15,17-18,22-31,44H,4,7,10,13,16,19-21,32H2,1-3H3/b6-5-,9-8-,12-11-,15-14-,18-17-,26-22+,27-23+. The minimum atomic E-state index is -0.366. The van der Waals surface area contributed by atoms with E-state index in [1.807, 2.05) is 0 Å². The summed E-state index contributed by atoms with van der Waals surface area (Å²) in [5, 5.41) is 9.68. The normalized spacial score (nSPS) is 12.1. The Labute approximate surface area is 285 Å². The number of methoxy groups -OCH3 is 2. The maximum absolute atomic E-state index is 12.4. The molecule has 0 aliphatic carbocycles. The fourth-order valence-corrected chi connectivity index (χ4v) is 4.24. The third-order valence-electron chi connectivity index (χ3n) is 6.80. The summed E-state index contributed by atoms with van der Waals surface area (Å²) in [5.41, 5.74) is 1.30. The third kappa shape index (κ3) is 16.9. The Morgan fingerprint density at radius 1 is 0.646 bits per heavy atom. The average molecular weight is 653 g/mol. The molecule has 0 aliphatic rings. The van der Waals surface area contributed by atoms with Crippen LogP contribution in [0.1, 0.15) is 75.8 Å². The summed E-state index contributed by atoms with van der Waals surface area (Å²) < 4.78 is 15.9. The van der Waals surface area contributed by atoms with Crippen molar-refractivity contribution in [3.05, 3.63) is 120 Å². The van der Waals surface area contributed by atoms with Crippen molar-refractivity contribution in [1.29, 1.82) is 0 Å². The average Bonchev–Trinajstić information content (AvgIpc) is 3.08. The first-order valence-corrected chi connectivity index (χ1v) is 16.3. The fraction of sp³-hybridized carbons (Fsp3) is 0.293. The van der Waals surface area contributed by atoms with Gasteiger partial charge in [0.15, 0.2) is 34.6 Å². The molecule has 0 aliphatic heterocycles. The van der Waals surface area contributed by atoms with Crippen LogP contribution in [0.4, 0.5) is 0 Å². The first-order chi connectivity index (χ1) is 23.4. The van der Waals surface area contributed by atoms with E-state index in [0.29, 0.717) is 29.0 Å². The van der Waals surface area contributed by atoms with E-state index in [0.717, 1.165) is 38.5 Å². The Morgan fingerprint density at radius 2 is 1.15 bits per heavy atom. The zero-order valence-corrected chi connectivity index (χ0v) is 28.3. The molecule has 2 rings (SSSR count). The molecule has 0 unspecified atom stereocenters. The van der Waals surface area contributed by atoms with Gasteiger partial charge in [-0.3, -0.25) is 14.4 Å². The van der Waals surface area contributed by atoms with Crippen molar-refractivity contribution >= 4 is 29.7 Å². The smallest absolute Gasteiger partial charge is 0.311 e.